The molecule has 1 atom stereocenters. The number of halogens is 1. The van der Waals surface area contributed by atoms with Crippen LogP contribution in [0.4, 0.5) is 5.69 Å². The lowest BCUT2D eigenvalue weighted by atomic mass is 10.2. The summed E-state index contributed by atoms with van der Waals surface area (Å²) < 4.78 is 3.46. The lowest BCUT2D eigenvalue weighted by Gasteiger charge is -2.12. The number of nitrogens with one attached hydrogen (secondary N) is 1. The molecule has 2 N–H and O–H groups in total. The van der Waals surface area contributed by atoms with E-state index in [-0.39, 0.29) is 12.6 Å². The van der Waals surface area contributed by atoms with E-state index in [1.54, 1.807) is 15.6 Å². The second-order valence-electron chi connectivity index (χ2n) is 5.53. The number of hydrogen-bond donors (Lipinski definition) is 2. The molecular weight excluding hydrogens is 328 g/mol. The van der Waals surface area contributed by atoms with Gasteiger partial charge in [-0.3, -0.25) is 4.68 Å². The van der Waals surface area contributed by atoms with E-state index in [1.807, 2.05) is 44.3 Å². The monoisotopic (exact) mass is 346 g/mol. The summed E-state index contributed by atoms with van der Waals surface area (Å²) in [6, 6.07) is 7.46. The molecular formula is C16H19ClN6O. The molecule has 0 spiro atoms. The molecule has 3 aromatic rings. The highest BCUT2D eigenvalue weighted by atomic mass is 35.5. The van der Waals surface area contributed by atoms with Crippen molar-refractivity contribution in [1.29, 1.82) is 0 Å². The van der Waals surface area contributed by atoms with Crippen molar-refractivity contribution in [2.24, 2.45) is 0 Å². The Morgan fingerprint density at radius 1 is 1.38 bits per heavy atom. The molecule has 2 aromatic heterocycles. The quantitative estimate of drug-likeness (QED) is 0.717. The van der Waals surface area contributed by atoms with Gasteiger partial charge in [0, 0.05) is 11.2 Å². The minimum absolute atomic E-state index is 0.0373. The van der Waals surface area contributed by atoms with Crippen molar-refractivity contribution < 1.29 is 5.11 Å². The van der Waals surface area contributed by atoms with E-state index in [2.05, 4.69) is 20.7 Å². The molecule has 1 unspecified atom stereocenters. The van der Waals surface area contributed by atoms with Crippen LogP contribution in [-0.2, 0) is 6.54 Å². The first-order chi connectivity index (χ1) is 11.6. The Morgan fingerprint density at radius 3 is 2.96 bits per heavy atom. The van der Waals surface area contributed by atoms with Gasteiger partial charge in [0.25, 0.3) is 0 Å². The molecule has 0 saturated carbocycles. The third-order valence-electron chi connectivity index (χ3n) is 3.74. The molecule has 0 fully saturated rings. The van der Waals surface area contributed by atoms with Gasteiger partial charge < -0.3 is 10.4 Å². The highest BCUT2D eigenvalue weighted by molar-refractivity contribution is 6.30. The number of nitrogens with zero attached hydrogens (tertiary/aromatic N) is 5. The molecule has 7 nitrogen and oxygen atoms in total. The Kier molecular flexibility index (Phi) is 4.82. The molecule has 3 rings (SSSR count). The minimum Gasteiger partial charge on any atom is -0.394 e. The zero-order chi connectivity index (χ0) is 17.1. The first-order valence-corrected chi connectivity index (χ1v) is 8.04. The van der Waals surface area contributed by atoms with Gasteiger partial charge in [-0.1, -0.05) is 22.9 Å². The molecule has 0 radical (unpaired) electrons. The molecule has 0 aliphatic rings. The molecule has 0 amide bonds. The van der Waals surface area contributed by atoms with Crippen LogP contribution >= 0.6 is 11.6 Å². The number of anilines is 1. The van der Waals surface area contributed by atoms with E-state index < -0.39 is 0 Å². The van der Waals surface area contributed by atoms with Crippen LogP contribution < -0.4 is 5.32 Å². The van der Waals surface area contributed by atoms with Crippen molar-refractivity contribution in [3.8, 4) is 5.69 Å². The molecule has 126 valence electrons. The number of aliphatic hydroxyl groups excluding tert-OH is 1. The summed E-state index contributed by atoms with van der Waals surface area (Å²) >= 11 is 6.05. The van der Waals surface area contributed by atoms with Crippen LogP contribution in [0.15, 0.2) is 36.7 Å². The number of hydrogen-bond acceptors (Lipinski definition) is 5. The van der Waals surface area contributed by atoms with Gasteiger partial charge in [-0.25, -0.2) is 4.68 Å². The lowest BCUT2D eigenvalue weighted by Crippen LogP contribution is -2.09. The first-order valence-electron chi connectivity index (χ1n) is 7.66. The number of benzene rings is 1. The zero-order valence-corrected chi connectivity index (χ0v) is 14.3. The van der Waals surface area contributed by atoms with Crippen LogP contribution in [0.1, 0.15) is 24.4 Å². The standard InChI is InChI=1S/C16H19ClN6O/c1-11(19-14-9-18-22(10-14)6-7-24)16-12(2)23(21-20-16)15-5-3-4-13(17)8-15/h3-5,8-11,19,24H,6-7H2,1-2H3. The van der Waals surface area contributed by atoms with Crippen molar-refractivity contribution >= 4 is 17.3 Å². The summed E-state index contributed by atoms with van der Waals surface area (Å²) in [6.07, 6.45) is 3.58. The smallest absolute Gasteiger partial charge is 0.108 e. The fourth-order valence-corrected chi connectivity index (χ4v) is 2.76. The number of aliphatic hydroxyl groups is 1. The van der Waals surface area contributed by atoms with Crippen LogP contribution in [0.5, 0.6) is 0 Å². The predicted octanol–water partition coefficient (Wildman–Crippen LogP) is 2.59. The Morgan fingerprint density at radius 2 is 2.21 bits per heavy atom. The van der Waals surface area contributed by atoms with E-state index in [0.717, 1.165) is 22.8 Å². The maximum absolute atomic E-state index is 8.94. The van der Waals surface area contributed by atoms with E-state index >= 15 is 0 Å². The third-order valence-corrected chi connectivity index (χ3v) is 3.97. The minimum atomic E-state index is -0.0373. The van der Waals surface area contributed by atoms with Gasteiger partial charge >= 0.3 is 0 Å². The van der Waals surface area contributed by atoms with E-state index in [0.29, 0.717) is 11.6 Å². The van der Waals surface area contributed by atoms with Gasteiger partial charge in [0.1, 0.15) is 5.69 Å². The van der Waals surface area contributed by atoms with Crippen molar-refractivity contribution in [2.45, 2.75) is 26.4 Å². The van der Waals surface area contributed by atoms with Crippen LogP contribution in [0.25, 0.3) is 5.69 Å². The summed E-state index contributed by atoms with van der Waals surface area (Å²) in [7, 11) is 0. The Labute approximate surface area is 144 Å². The highest BCUT2D eigenvalue weighted by Gasteiger charge is 2.17. The fourth-order valence-electron chi connectivity index (χ4n) is 2.58. The molecule has 0 aliphatic heterocycles. The van der Waals surface area contributed by atoms with Gasteiger partial charge in [-0.05, 0) is 32.0 Å². The van der Waals surface area contributed by atoms with Crippen molar-refractivity contribution in [3.63, 3.8) is 0 Å². The van der Waals surface area contributed by atoms with Crippen molar-refractivity contribution in [1.82, 2.24) is 24.8 Å². The first kappa shape index (κ1) is 16.5. The largest absolute Gasteiger partial charge is 0.394 e. The molecule has 0 aliphatic carbocycles. The summed E-state index contributed by atoms with van der Waals surface area (Å²) in [5.41, 5.74) is 3.54. The average molecular weight is 347 g/mol. The second-order valence-corrected chi connectivity index (χ2v) is 5.97. The zero-order valence-electron chi connectivity index (χ0n) is 13.5. The van der Waals surface area contributed by atoms with Crippen LogP contribution in [-0.4, -0.2) is 36.5 Å². The maximum Gasteiger partial charge on any atom is 0.108 e. The van der Waals surface area contributed by atoms with Crippen LogP contribution in [0.2, 0.25) is 5.02 Å². The summed E-state index contributed by atoms with van der Waals surface area (Å²) in [5.74, 6) is 0. The fraction of sp³-hybridized carbons (Fsp3) is 0.312. The second kappa shape index (κ2) is 7.02. The predicted molar refractivity (Wildman–Crippen MR) is 92.5 cm³/mol. The average Bonchev–Trinajstić information content (AvgIpc) is 3.14. The van der Waals surface area contributed by atoms with E-state index in [1.165, 1.54) is 0 Å². The van der Waals surface area contributed by atoms with E-state index in [9.17, 15) is 0 Å². The molecule has 24 heavy (non-hydrogen) atoms. The van der Waals surface area contributed by atoms with Gasteiger partial charge in [-0.15, -0.1) is 5.10 Å². The summed E-state index contributed by atoms with van der Waals surface area (Å²) in [6.45, 7) is 4.52. The Hall–Kier alpha value is -2.38. The van der Waals surface area contributed by atoms with Gasteiger partial charge in [-0.2, -0.15) is 5.10 Å². The molecule has 0 saturated heterocycles. The maximum atomic E-state index is 8.94. The lowest BCUT2D eigenvalue weighted by molar-refractivity contribution is 0.269. The van der Waals surface area contributed by atoms with Gasteiger partial charge in [0.05, 0.1) is 42.5 Å². The topological polar surface area (TPSA) is 80.8 Å². The Balaban J connectivity index is 1.79. The Bertz CT molecular complexity index is 828. The molecule has 8 heteroatoms. The number of rotatable bonds is 6. The van der Waals surface area contributed by atoms with E-state index in [4.69, 9.17) is 16.7 Å². The summed E-state index contributed by atoms with van der Waals surface area (Å²) in [5, 5.41) is 25.7. The number of aromatic nitrogens is 5. The van der Waals surface area contributed by atoms with Gasteiger partial charge in [0.15, 0.2) is 0 Å². The van der Waals surface area contributed by atoms with Crippen molar-refractivity contribution in [3.05, 3.63) is 53.1 Å². The SMILES string of the molecule is Cc1c(C(C)Nc2cnn(CCO)c2)nnn1-c1cccc(Cl)c1. The van der Waals surface area contributed by atoms with Crippen LogP contribution in [0, 0.1) is 6.92 Å². The normalized spacial score (nSPS) is 12.3. The molecule has 0 bridgehead atoms. The van der Waals surface area contributed by atoms with Gasteiger partial charge in [0.2, 0.25) is 0 Å². The molecule has 2 heterocycles. The highest BCUT2D eigenvalue weighted by Crippen LogP contribution is 2.22. The molecule has 1 aromatic carbocycles. The van der Waals surface area contributed by atoms with Crippen molar-refractivity contribution in [2.75, 3.05) is 11.9 Å². The van der Waals surface area contributed by atoms with Crippen LogP contribution in [0.3, 0.4) is 0 Å². The summed E-state index contributed by atoms with van der Waals surface area (Å²) in [4.78, 5) is 0. The third kappa shape index (κ3) is 3.42.